The van der Waals surface area contributed by atoms with E-state index in [0.717, 1.165) is 72.8 Å². The van der Waals surface area contributed by atoms with Crippen LogP contribution < -0.4 is 16.0 Å². The summed E-state index contributed by atoms with van der Waals surface area (Å²) < 4.78 is 5.48. The number of aromatic amines is 1. The molecule has 0 saturated carbocycles. The second-order valence-corrected chi connectivity index (χ2v) is 10.4. The number of nitrogens with zero attached hydrogens (tertiary/aromatic N) is 5. The average Bonchev–Trinajstić information content (AvgIpc) is 3.52. The summed E-state index contributed by atoms with van der Waals surface area (Å²) in [5.41, 5.74) is 11.0. The van der Waals surface area contributed by atoms with Crippen molar-refractivity contribution in [3.63, 3.8) is 0 Å². The number of aromatic nitrogens is 4. The van der Waals surface area contributed by atoms with E-state index in [1.165, 1.54) is 0 Å². The van der Waals surface area contributed by atoms with Gasteiger partial charge < -0.3 is 25.7 Å². The summed E-state index contributed by atoms with van der Waals surface area (Å²) in [6.07, 6.45) is 4.26. The lowest BCUT2D eigenvalue weighted by atomic mass is 10.0. The number of benzene rings is 1. The number of morpholine rings is 1. The van der Waals surface area contributed by atoms with Crippen molar-refractivity contribution in [2.24, 2.45) is 5.73 Å². The standard InChI is InChI=1S/C28H32N8O2/c1-28(29)7-9-35(17-28)16-19-6-8-30-24(14-19)27(37)33-21-4-2-20(3-5-21)23-15-22-25(34-23)31-18-32-26(22)36-10-12-38-13-11-36/h2-6,8,14-15,18H,7,9-13,16-17,29H2,1H3,(H,33,37)(H,31,32,34)/t28-/m1/s1. The summed E-state index contributed by atoms with van der Waals surface area (Å²) in [5.74, 6) is 0.682. The number of hydrogen-bond acceptors (Lipinski definition) is 8. The van der Waals surface area contributed by atoms with Gasteiger partial charge >= 0.3 is 0 Å². The van der Waals surface area contributed by atoms with Crippen molar-refractivity contribution in [3.8, 4) is 11.3 Å². The first-order chi connectivity index (χ1) is 18.4. The number of anilines is 2. The van der Waals surface area contributed by atoms with Gasteiger partial charge in [0.2, 0.25) is 0 Å². The predicted molar refractivity (Wildman–Crippen MR) is 147 cm³/mol. The van der Waals surface area contributed by atoms with Gasteiger partial charge in [-0.2, -0.15) is 0 Å². The van der Waals surface area contributed by atoms with Crippen LogP contribution in [0.25, 0.3) is 22.3 Å². The number of fused-ring (bicyclic) bond motifs is 1. The Hall–Kier alpha value is -3.86. The normalized spacial score (nSPS) is 20.2. The van der Waals surface area contributed by atoms with Crippen molar-refractivity contribution >= 4 is 28.4 Å². The highest BCUT2D eigenvalue weighted by Gasteiger charge is 2.29. The number of rotatable bonds is 6. The quantitative estimate of drug-likeness (QED) is 0.360. The Kier molecular flexibility index (Phi) is 6.52. The SMILES string of the molecule is C[C@@]1(N)CCN(Cc2ccnc(C(=O)Nc3ccc(-c4cc5c(N6CCOCC6)ncnc5[nH]4)cc3)c2)C1. The van der Waals surface area contributed by atoms with Gasteiger partial charge in [0.15, 0.2) is 0 Å². The maximum absolute atomic E-state index is 12.9. The minimum absolute atomic E-state index is 0.148. The zero-order chi connectivity index (χ0) is 26.1. The zero-order valence-electron chi connectivity index (χ0n) is 21.5. The Morgan fingerprint density at radius 3 is 2.68 bits per heavy atom. The molecule has 1 amide bonds. The van der Waals surface area contributed by atoms with Gasteiger partial charge in [0.25, 0.3) is 5.91 Å². The number of ether oxygens (including phenoxy) is 1. The molecule has 2 aliphatic heterocycles. The van der Waals surface area contributed by atoms with E-state index < -0.39 is 0 Å². The summed E-state index contributed by atoms with van der Waals surface area (Å²) >= 11 is 0. The topological polar surface area (TPSA) is 125 Å². The molecule has 2 aliphatic rings. The van der Waals surface area contributed by atoms with Crippen LogP contribution in [0.5, 0.6) is 0 Å². The Labute approximate surface area is 221 Å². The number of nitrogens with two attached hydrogens (primary N) is 1. The van der Waals surface area contributed by atoms with Gasteiger partial charge in [0, 0.05) is 55.8 Å². The fourth-order valence-electron chi connectivity index (χ4n) is 5.21. The van der Waals surface area contributed by atoms with Gasteiger partial charge in [0.1, 0.15) is 23.5 Å². The van der Waals surface area contributed by atoms with E-state index in [1.54, 1.807) is 12.5 Å². The van der Waals surface area contributed by atoms with Gasteiger partial charge in [-0.25, -0.2) is 9.97 Å². The van der Waals surface area contributed by atoms with Crippen LogP contribution in [0.3, 0.4) is 0 Å². The molecule has 2 saturated heterocycles. The lowest BCUT2D eigenvalue weighted by Gasteiger charge is -2.27. The van der Waals surface area contributed by atoms with Crippen LogP contribution in [0.15, 0.2) is 55.0 Å². The van der Waals surface area contributed by atoms with E-state index in [1.807, 2.05) is 36.4 Å². The van der Waals surface area contributed by atoms with Crippen LogP contribution in [0.2, 0.25) is 0 Å². The van der Waals surface area contributed by atoms with E-state index in [2.05, 4.69) is 48.0 Å². The number of carbonyl (C=O) groups excluding carboxylic acids is 1. The van der Waals surface area contributed by atoms with Crippen molar-refractivity contribution in [3.05, 3.63) is 66.2 Å². The largest absolute Gasteiger partial charge is 0.378 e. The smallest absolute Gasteiger partial charge is 0.274 e. The Bertz CT molecular complexity index is 1440. The highest BCUT2D eigenvalue weighted by atomic mass is 16.5. The molecule has 0 bridgehead atoms. The van der Waals surface area contributed by atoms with Crippen molar-refractivity contribution in [1.29, 1.82) is 0 Å². The van der Waals surface area contributed by atoms with E-state index in [4.69, 9.17) is 10.5 Å². The van der Waals surface area contributed by atoms with Crippen molar-refractivity contribution in [1.82, 2.24) is 24.8 Å². The van der Waals surface area contributed by atoms with Crippen LogP contribution in [-0.2, 0) is 11.3 Å². The molecule has 0 spiro atoms. The summed E-state index contributed by atoms with van der Waals surface area (Å²) in [5, 5.41) is 3.95. The van der Waals surface area contributed by atoms with E-state index in [-0.39, 0.29) is 11.4 Å². The molecule has 0 unspecified atom stereocenters. The molecular weight excluding hydrogens is 480 g/mol. The Morgan fingerprint density at radius 1 is 1.11 bits per heavy atom. The summed E-state index contributed by atoms with van der Waals surface area (Å²) in [4.78, 5) is 34.1. The second-order valence-electron chi connectivity index (χ2n) is 10.4. The van der Waals surface area contributed by atoms with Crippen LogP contribution in [0, 0.1) is 0 Å². The van der Waals surface area contributed by atoms with Gasteiger partial charge in [-0.15, -0.1) is 0 Å². The van der Waals surface area contributed by atoms with Gasteiger partial charge in [-0.1, -0.05) is 12.1 Å². The summed E-state index contributed by atoms with van der Waals surface area (Å²) in [6.45, 7) is 7.66. The first-order valence-corrected chi connectivity index (χ1v) is 13.0. The number of nitrogens with one attached hydrogen (secondary N) is 2. The molecule has 1 atom stereocenters. The predicted octanol–water partition coefficient (Wildman–Crippen LogP) is 3.03. The third-order valence-electron chi connectivity index (χ3n) is 7.22. The summed E-state index contributed by atoms with van der Waals surface area (Å²) in [6, 6.07) is 13.6. The van der Waals surface area contributed by atoms with Crippen molar-refractivity contribution in [2.45, 2.75) is 25.4 Å². The maximum atomic E-state index is 12.9. The molecule has 4 aromatic rings. The van der Waals surface area contributed by atoms with Crippen LogP contribution in [0.1, 0.15) is 29.4 Å². The molecule has 2 fully saturated rings. The van der Waals surface area contributed by atoms with Gasteiger partial charge in [-0.3, -0.25) is 14.7 Å². The molecule has 10 heteroatoms. The molecule has 6 rings (SSSR count). The van der Waals surface area contributed by atoms with Crippen LogP contribution >= 0.6 is 0 Å². The molecule has 0 radical (unpaired) electrons. The van der Waals surface area contributed by atoms with E-state index >= 15 is 0 Å². The van der Waals surface area contributed by atoms with Gasteiger partial charge in [0.05, 0.1) is 18.6 Å². The number of carbonyl (C=O) groups is 1. The van der Waals surface area contributed by atoms with E-state index in [0.29, 0.717) is 24.6 Å². The van der Waals surface area contributed by atoms with Crippen LogP contribution in [-0.4, -0.2) is 75.7 Å². The lowest BCUT2D eigenvalue weighted by molar-refractivity contribution is 0.102. The number of amides is 1. The van der Waals surface area contributed by atoms with Crippen LogP contribution in [0.4, 0.5) is 11.5 Å². The molecule has 10 nitrogen and oxygen atoms in total. The molecule has 1 aromatic carbocycles. The molecule has 38 heavy (non-hydrogen) atoms. The molecule has 5 heterocycles. The Balaban J connectivity index is 1.14. The molecule has 196 valence electrons. The minimum atomic E-state index is -0.235. The lowest BCUT2D eigenvalue weighted by Crippen LogP contribution is -2.38. The van der Waals surface area contributed by atoms with Gasteiger partial charge in [-0.05, 0) is 54.8 Å². The average molecular weight is 513 g/mol. The third-order valence-corrected chi connectivity index (χ3v) is 7.22. The molecular formula is C28H32N8O2. The Morgan fingerprint density at radius 2 is 1.92 bits per heavy atom. The van der Waals surface area contributed by atoms with Crippen molar-refractivity contribution < 1.29 is 9.53 Å². The first-order valence-electron chi connectivity index (χ1n) is 13.0. The zero-order valence-corrected chi connectivity index (χ0v) is 21.5. The molecule has 3 aromatic heterocycles. The maximum Gasteiger partial charge on any atom is 0.274 e. The highest BCUT2D eigenvalue weighted by molar-refractivity contribution is 6.03. The summed E-state index contributed by atoms with van der Waals surface area (Å²) in [7, 11) is 0. The molecule has 4 N–H and O–H groups in total. The fourth-order valence-corrected chi connectivity index (χ4v) is 5.21. The second kappa shape index (κ2) is 10.1. The highest BCUT2D eigenvalue weighted by Crippen LogP contribution is 2.30. The monoisotopic (exact) mass is 512 g/mol. The molecule has 0 aliphatic carbocycles. The fraction of sp³-hybridized carbons (Fsp3) is 0.357. The van der Waals surface area contributed by atoms with Crippen molar-refractivity contribution in [2.75, 3.05) is 49.6 Å². The first kappa shape index (κ1) is 24.5. The number of H-pyrrole nitrogens is 1. The van der Waals surface area contributed by atoms with E-state index in [9.17, 15) is 4.79 Å². The minimum Gasteiger partial charge on any atom is -0.378 e. The number of pyridine rings is 1. The third kappa shape index (κ3) is 5.24. The number of likely N-dealkylation sites (tertiary alicyclic amines) is 1. The number of hydrogen-bond donors (Lipinski definition) is 3.